The summed E-state index contributed by atoms with van der Waals surface area (Å²) in [4.78, 5) is 15.9. The summed E-state index contributed by atoms with van der Waals surface area (Å²) in [7, 11) is 0. The average molecular weight is 329 g/mol. The predicted molar refractivity (Wildman–Crippen MR) is 95.9 cm³/mol. The van der Waals surface area contributed by atoms with E-state index >= 15 is 0 Å². The number of carbonyl (C=O) groups is 1. The van der Waals surface area contributed by atoms with Crippen molar-refractivity contribution in [3.63, 3.8) is 0 Å². The summed E-state index contributed by atoms with van der Waals surface area (Å²) < 4.78 is 0. The highest BCUT2D eigenvalue weighted by Crippen LogP contribution is 2.22. The van der Waals surface area contributed by atoms with Crippen molar-refractivity contribution in [1.82, 2.24) is 10.2 Å². The summed E-state index contributed by atoms with van der Waals surface area (Å²) >= 11 is 1.84. The summed E-state index contributed by atoms with van der Waals surface area (Å²) in [5.41, 5.74) is 2.21. The molecule has 1 atom stereocenters. The molecular weight excluding hydrogens is 306 g/mol. The Morgan fingerprint density at radius 3 is 2.87 bits per heavy atom. The van der Waals surface area contributed by atoms with Crippen LogP contribution in [-0.2, 0) is 6.54 Å². The minimum absolute atomic E-state index is 0.122. The third-order valence-corrected chi connectivity index (χ3v) is 5.30. The number of anilines is 1. The molecule has 1 aliphatic heterocycles. The van der Waals surface area contributed by atoms with Crippen LogP contribution < -0.4 is 10.6 Å². The lowest BCUT2D eigenvalue weighted by Crippen LogP contribution is -2.34. The molecular formula is C18H23N3OS. The molecule has 0 unspecified atom stereocenters. The number of amides is 2. The van der Waals surface area contributed by atoms with Crippen molar-refractivity contribution >= 4 is 23.1 Å². The number of hydrogen-bond donors (Lipinski definition) is 2. The van der Waals surface area contributed by atoms with Gasteiger partial charge in [0, 0.05) is 30.2 Å². The summed E-state index contributed by atoms with van der Waals surface area (Å²) in [6.45, 7) is 6.12. The Kier molecular flexibility index (Phi) is 5.31. The van der Waals surface area contributed by atoms with Gasteiger partial charge in [-0.1, -0.05) is 18.2 Å². The largest absolute Gasteiger partial charge is 0.338 e. The van der Waals surface area contributed by atoms with Crippen LogP contribution in [0.2, 0.25) is 0 Å². The van der Waals surface area contributed by atoms with Crippen molar-refractivity contribution in [2.24, 2.45) is 5.92 Å². The van der Waals surface area contributed by atoms with E-state index in [-0.39, 0.29) is 6.03 Å². The minimum Gasteiger partial charge on any atom is -0.338 e. The molecule has 2 heterocycles. The van der Waals surface area contributed by atoms with E-state index in [9.17, 15) is 4.79 Å². The van der Waals surface area contributed by atoms with Crippen molar-refractivity contribution in [2.45, 2.75) is 19.9 Å². The Balaban J connectivity index is 1.40. The van der Waals surface area contributed by atoms with Gasteiger partial charge in [-0.2, -0.15) is 0 Å². The number of nitrogens with zero attached hydrogens (tertiary/aromatic N) is 1. The van der Waals surface area contributed by atoms with Crippen LogP contribution >= 0.6 is 11.3 Å². The Morgan fingerprint density at radius 2 is 2.13 bits per heavy atom. The lowest BCUT2D eigenvalue weighted by molar-refractivity contribution is 0.249. The van der Waals surface area contributed by atoms with E-state index in [1.807, 2.05) is 41.7 Å². The molecule has 0 spiro atoms. The van der Waals surface area contributed by atoms with E-state index in [0.29, 0.717) is 5.92 Å². The van der Waals surface area contributed by atoms with Crippen LogP contribution in [0.15, 0.2) is 41.8 Å². The van der Waals surface area contributed by atoms with Gasteiger partial charge in [0.1, 0.15) is 0 Å². The quantitative estimate of drug-likeness (QED) is 0.878. The van der Waals surface area contributed by atoms with Crippen molar-refractivity contribution in [3.8, 4) is 0 Å². The number of urea groups is 1. The molecule has 4 nitrogen and oxygen atoms in total. The summed E-state index contributed by atoms with van der Waals surface area (Å²) in [6.07, 6.45) is 1.15. The maximum absolute atomic E-state index is 11.9. The topological polar surface area (TPSA) is 44.4 Å². The molecule has 0 radical (unpaired) electrons. The molecule has 1 fully saturated rings. The lowest BCUT2D eigenvalue weighted by atomic mass is 10.1. The highest BCUT2D eigenvalue weighted by molar-refractivity contribution is 7.10. The number of carbonyl (C=O) groups excluding carboxylic acids is 1. The van der Waals surface area contributed by atoms with Crippen molar-refractivity contribution in [3.05, 3.63) is 52.2 Å². The Morgan fingerprint density at radius 1 is 1.30 bits per heavy atom. The molecule has 1 aliphatic rings. The standard InChI is InChI=1S/C18H23N3OS/c1-14-8-10-23-17(14)13-21-9-7-15(12-21)11-19-18(22)20-16-5-3-2-4-6-16/h2-6,8,10,15H,7,9,11-13H2,1H3,(H2,19,20,22)/t15-/m1/s1. The predicted octanol–water partition coefficient (Wildman–Crippen LogP) is 3.70. The first-order valence-electron chi connectivity index (χ1n) is 8.06. The second-order valence-electron chi connectivity index (χ2n) is 6.12. The summed E-state index contributed by atoms with van der Waals surface area (Å²) in [6, 6.07) is 11.6. The van der Waals surface area contributed by atoms with Gasteiger partial charge in [-0.25, -0.2) is 4.79 Å². The first-order valence-corrected chi connectivity index (χ1v) is 8.94. The van der Waals surface area contributed by atoms with Crippen molar-refractivity contribution in [1.29, 1.82) is 0 Å². The number of hydrogen-bond acceptors (Lipinski definition) is 3. The molecule has 0 saturated carbocycles. The van der Waals surface area contributed by atoms with Crippen LogP contribution in [0, 0.1) is 12.8 Å². The molecule has 1 aromatic carbocycles. The van der Waals surface area contributed by atoms with Crippen LogP contribution in [0.4, 0.5) is 10.5 Å². The Hall–Kier alpha value is -1.85. The molecule has 2 N–H and O–H groups in total. The smallest absolute Gasteiger partial charge is 0.319 e. The zero-order chi connectivity index (χ0) is 16.1. The fraction of sp³-hybridized carbons (Fsp3) is 0.389. The maximum Gasteiger partial charge on any atom is 0.319 e. The number of benzene rings is 1. The summed E-state index contributed by atoms with van der Waals surface area (Å²) in [5, 5.41) is 8.01. The number of thiophene rings is 1. The second-order valence-corrected chi connectivity index (χ2v) is 7.12. The number of para-hydroxylation sites is 1. The number of likely N-dealkylation sites (tertiary alicyclic amines) is 1. The Bertz CT molecular complexity index is 641. The van der Waals surface area contributed by atoms with Crippen LogP contribution in [0.3, 0.4) is 0 Å². The van der Waals surface area contributed by atoms with E-state index in [4.69, 9.17) is 0 Å². The number of rotatable bonds is 5. The molecule has 23 heavy (non-hydrogen) atoms. The van der Waals surface area contributed by atoms with Crippen LogP contribution in [-0.4, -0.2) is 30.6 Å². The van der Waals surface area contributed by atoms with Gasteiger partial charge in [0.2, 0.25) is 0 Å². The first kappa shape index (κ1) is 16.0. The molecule has 1 aromatic heterocycles. The van der Waals surface area contributed by atoms with E-state index in [2.05, 4.69) is 33.9 Å². The molecule has 122 valence electrons. The van der Waals surface area contributed by atoms with Crippen LogP contribution in [0.5, 0.6) is 0 Å². The van der Waals surface area contributed by atoms with E-state index in [0.717, 1.165) is 38.3 Å². The van der Waals surface area contributed by atoms with Crippen LogP contribution in [0.25, 0.3) is 0 Å². The molecule has 5 heteroatoms. The van der Waals surface area contributed by atoms with E-state index in [1.165, 1.54) is 10.4 Å². The fourth-order valence-corrected chi connectivity index (χ4v) is 3.87. The maximum atomic E-state index is 11.9. The van der Waals surface area contributed by atoms with Gasteiger partial charge in [-0.3, -0.25) is 4.90 Å². The third-order valence-electron chi connectivity index (χ3n) is 4.29. The highest BCUT2D eigenvalue weighted by atomic mass is 32.1. The fourth-order valence-electron chi connectivity index (χ4n) is 2.93. The minimum atomic E-state index is -0.122. The average Bonchev–Trinajstić information content (AvgIpc) is 3.16. The van der Waals surface area contributed by atoms with Gasteiger partial charge in [0.15, 0.2) is 0 Å². The molecule has 2 aromatic rings. The van der Waals surface area contributed by atoms with Gasteiger partial charge in [0.25, 0.3) is 0 Å². The van der Waals surface area contributed by atoms with E-state index < -0.39 is 0 Å². The second kappa shape index (κ2) is 7.62. The molecule has 2 amide bonds. The van der Waals surface area contributed by atoms with Gasteiger partial charge in [-0.05, 0) is 54.9 Å². The van der Waals surface area contributed by atoms with Gasteiger partial charge < -0.3 is 10.6 Å². The molecule has 3 rings (SSSR count). The van der Waals surface area contributed by atoms with Gasteiger partial charge in [0.05, 0.1) is 0 Å². The number of nitrogens with one attached hydrogen (secondary N) is 2. The monoisotopic (exact) mass is 329 g/mol. The highest BCUT2D eigenvalue weighted by Gasteiger charge is 2.23. The van der Waals surface area contributed by atoms with Crippen LogP contribution in [0.1, 0.15) is 16.9 Å². The third kappa shape index (κ3) is 4.56. The zero-order valence-corrected chi connectivity index (χ0v) is 14.2. The SMILES string of the molecule is Cc1ccsc1CN1CC[C@H](CNC(=O)Nc2ccccc2)C1. The van der Waals surface area contributed by atoms with Gasteiger partial charge >= 0.3 is 6.03 Å². The lowest BCUT2D eigenvalue weighted by Gasteiger charge is -2.16. The molecule has 0 aliphatic carbocycles. The zero-order valence-electron chi connectivity index (χ0n) is 13.4. The Labute approximate surface area is 141 Å². The number of aryl methyl sites for hydroxylation is 1. The summed E-state index contributed by atoms with van der Waals surface area (Å²) in [5.74, 6) is 0.539. The molecule has 0 bridgehead atoms. The van der Waals surface area contributed by atoms with Crippen molar-refractivity contribution < 1.29 is 4.79 Å². The van der Waals surface area contributed by atoms with Gasteiger partial charge in [-0.15, -0.1) is 11.3 Å². The first-order chi connectivity index (χ1) is 11.2. The normalized spacial score (nSPS) is 18.0. The molecule has 1 saturated heterocycles. The van der Waals surface area contributed by atoms with Crippen molar-refractivity contribution in [2.75, 3.05) is 25.0 Å². The van der Waals surface area contributed by atoms with E-state index in [1.54, 1.807) is 0 Å².